The minimum atomic E-state index is -0.589. The van der Waals surface area contributed by atoms with E-state index in [9.17, 15) is 4.79 Å². The molecule has 2 aromatic rings. The second kappa shape index (κ2) is 10.8. The van der Waals surface area contributed by atoms with Crippen LogP contribution in [0.2, 0.25) is 0 Å². The zero-order valence-electron chi connectivity index (χ0n) is 18.8. The predicted molar refractivity (Wildman–Crippen MR) is 114 cm³/mol. The molecule has 1 aliphatic rings. The topological polar surface area (TPSA) is 81.6 Å². The maximum Gasteiger partial charge on any atom is 0.367 e. The second-order valence-electron chi connectivity index (χ2n) is 8.26. The van der Waals surface area contributed by atoms with Crippen molar-refractivity contribution in [3.63, 3.8) is 0 Å². The molecule has 1 aliphatic heterocycles. The molecule has 0 spiro atoms. The Morgan fingerprint density at radius 1 is 0.839 bits per heavy atom. The van der Waals surface area contributed by atoms with E-state index < -0.39 is 30.3 Å². The van der Waals surface area contributed by atoms with Gasteiger partial charge in [-0.1, -0.05) is 12.1 Å². The molecule has 3 rings (SSSR count). The highest BCUT2D eigenvalue weighted by Gasteiger charge is 2.37. The Balaban J connectivity index is 0.00000341. The molecule has 6 nitrogen and oxygen atoms in total. The molecule has 31 heavy (non-hydrogen) atoms. The highest BCUT2D eigenvalue weighted by Crippen LogP contribution is 2.25. The predicted octanol–water partition coefficient (Wildman–Crippen LogP) is -0.308. The van der Waals surface area contributed by atoms with Crippen LogP contribution in [-0.2, 0) is 14.3 Å². The first kappa shape index (κ1) is 25.0. The van der Waals surface area contributed by atoms with Crippen molar-refractivity contribution >= 4 is 5.97 Å². The molecule has 0 aliphatic carbocycles. The minimum absolute atomic E-state index is 0. The molecule has 3 N–H and O–H groups in total. The van der Waals surface area contributed by atoms with E-state index in [1.807, 2.05) is 58.9 Å². The number of aryl methyl sites for hydroxylation is 4. The van der Waals surface area contributed by atoms with Gasteiger partial charge in [0.2, 0.25) is 6.04 Å². The number of benzene rings is 2. The molecular formula is C24H32ClNO5. The Kier molecular flexibility index (Phi) is 8.74. The Hall–Kier alpha value is -2.28. The summed E-state index contributed by atoms with van der Waals surface area (Å²) in [4.78, 5) is 12.3. The Morgan fingerprint density at radius 2 is 1.32 bits per heavy atom. The van der Waals surface area contributed by atoms with Crippen LogP contribution in [-0.4, -0.2) is 43.5 Å². The molecule has 7 heteroatoms. The van der Waals surface area contributed by atoms with Crippen molar-refractivity contribution in [1.29, 1.82) is 0 Å². The molecular weight excluding hydrogens is 418 g/mol. The summed E-state index contributed by atoms with van der Waals surface area (Å²) in [5.41, 5.74) is 8.25. The first-order chi connectivity index (χ1) is 14.2. The summed E-state index contributed by atoms with van der Waals surface area (Å²) in [6.07, 6.45) is -1.57. The molecule has 1 fully saturated rings. The van der Waals surface area contributed by atoms with Crippen LogP contribution in [0.1, 0.15) is 29.2 Å². The normalized spacial score (nSPS) is 24.1. The van der Waals surface area contributed by atoms with Gasteiger partial charge in [0.05, 0.1) is 6.61 Å². The Bertz CT molecular complexity index is 863. The molecule has 0 bridgehead atoms. The molecule has 1 saturated heterocycles. The molecule has 170 valence electrons. The van der Waals surface area contributed by atoms with E-state index in [2.05, 4.69) is 17.9 Å². The zero-order chi connectivity index (χ0) is 21.8. The molecule has 2 aromatic carbocycles. The van der Waals surface area contributed by atoms with Gasteiger partial charge in [0, 0.05) is 0 Å². The maximum atomic E-state index is 12.3. The molecule has 4 atom stereocenters. The number of carbonyl (C=O) groups excluding carboxylic acids is 1. The van der Waals surface area contributed by atoms with Crippen molar-refractivity contribution in [2.75, 3.05) is 13.2 Å². The summed E-state index contributed by atoms with van der Waals surface area (Å²) < 4.78 is 24.1. The van der Waals surface area contributed by atoms with Gasteiger partial charge in [0.25, 0.3) is 0 Å². The van der Waals surface area contributed by atoms with Crippen LogP contribution >= 0.6 is 0 Å². The summed E-state index contributed by atoms with van der Waals surface area (Å²) in [5, 5.41) is 0. The van der Waals surface area contributed by atoms with Crippen LogP contribution in [0, 0.1) is 27.7 Å². The molecule has 0 saturated carbocycles. The standard InChI is InChI=1S/C24H31NO5.ClH/c1-14-6-15(2)9-19(8-14)29-22-13-27-12-21(25)24(26)28-18(5)23(22)30-20-10-16(3)7-17(4)11-20;/h6-11,18,21-23H,12-13,25H2,1-5H3;1H/t18-,21-,22-,23-;/m0./s1. The Morgan fingerprint density at radius 3 is 1.84 bits per heavy atom. The van der Waals surface area contributed by atoms with Gasteiger partial charge in [0.15, 0.2) is 12.2 Å². The lowest BCUT2D eigenvalue weighted by atomic mass is 10.1. The van der Waals surface area contributed by atoms with Crippen LogP contribution < -0.4 is 27.6 Å². The number of ether oxygens (including phenoxy) is 4. The first-order valence-corrected chi connectivity index (χ1v) is 10.3. The maximum absolute atomic E-state index is 12.3. The van der Waals surface area contributed by atoms with E-state index in [4.69, 9.17) is 18.9 Å². The third-order valence-electron chi connectivity index (χ3n) is 5.02. The number of esters is 1. The Labute approximate surface area is 190 Å². The number of rotatable bonds is 4. The number of hydrogen-bond acceptors (Lipinski definition) is 5. The summed E-state index contributed by atoms with van der Waals surface area (Å²) in [6, 6.07) is 11.5. The monoisotopic (exact) mass is 449 g/mol. The molecule has 0 aromatic heterocycles. The van der Waals surface area contributed by atoms with Crippen LogP contribution in [0.5, 0.6) is 11.5 Å². The molecule has 1 heterocycles. The van der Waals surface area contributed by atoms with Gasteiger partial charge in [-0.05, 0) is 81.1 Å². The van der Waals surface area contributed by atoms with E-state index in [1.165, 1.54) is 0 Å². The van der Waals surface area contributed by atoms with Crippen LogP contribution in [0.25, 0.3) is 0 Å². The largest absolute Gasteiger partial charge is 1.00 e. The van der Waals surface area contributed by atoms with Crippen molar-refractivity contribution in [3.05, 3.63) is 58.7 Å². The fraction of sp³-hybridized carbons (Fsp3) is 0.458. The van der Waals surface area contributed by atoms with E-state index in [1.54, 1.807) is 0 Å². The van der Waals surface area contributed by atoms with Crippen molar-refractivity contribution in [2.24, 2.45) is 0 Å². The molecule has 0 unspecified atom stereocenters. The summed E-state index contributed by atoms with van der Waals surface area (Å²) in [6.45, 7) is 10.4. The zero-order valence-corrected chi connectivity index (χ0v) is 19.6. The fourth-order valence-corrected chi connectivity index (χ4v) is 3.74. The van der Waals surface area contributed by atoms with Crippen LogP contribution in [0.15, 0.2) is 36.4 Å². The number of quaternary nitrogens is 1. The summed E-state index contributed by atoms with van der Waals surface area (Å²) in [7, 11) is 0. The number of hydrogen-bond donors (Lipinski definition) is 1. The molecule has 0 amide bonds. The first-order valence-electron chi connectivity index (χ1n) is 10.3. The average molecular weight is 450 g/mol. The van der Waals surface area contributed by atoms with Gasteiger partial charge < -0.3 is 37.1 Å². The van der Waals surface area contributed by atoms with Crippen molar-refractivity contribution < 1.29 is 41.9 Å². The van der Waals surface area contributed by atoms with Crippen LogP contribution in [0.3, 0.4) is 0 Å². The summed E-state index contributed by atoms with van der Waals surface area (Å²) in [5.74, 6) is 1.04. The van der Waals surface area contributed by atoms with Gasteiger partial charge >= 0.3 is 5.97 Å². The SMILES string of the molecule is Cc1cc(C)cc(O[C@H]2[C@H](C)OC(=O)[C@@H]([NH3+])COC[C@@H]2Oc2cc(C)cc(C)c2)c1.[Cl-]. The van der Waals surface area contributed by atoms with Crippen molar-refractivity contribution in [3.8, 4) is 11.5 Å². The highest BCUT2D eigenvalue weighted by molar-refractivity contribution is 5.74. The number of carbonyl (C=O) groups is 1. The lowest BCUT2D eigenvalue weighted by molar-refractivity contribution is -0.415. The summed E-state index contributed by atoms with van der Waals surface area (Å²) >= 11 is 0. The highest BCUT2D eigenvalue weighted by atomic mass is 35.5. The quantitative estimate of drug-likeness (QED) is 0.648. The van der Waals surface area contributed by atoms with Crippen molar-refractivity contribution in [1.82, 2.24) is 0 Å². The van der Waals surface area contributed by atoms with Gasteiger partial charge in [0.1, 0.15) is 24.2 Å². The third-order valence-corrected chi connectivity index (χ3v) is 5.02. The van der Waals surface area contributed by atoms with Crippen LogP contribution in [0.4, 0.5) is 0 Å². The van der Waals surface area contributed by atoms with E-state index >= 15 is 0 Å². The smallest absolute Gasteiger partial charge is 0.367 e. The molecule has 0 radical (unpaired) electrons. The lowest BCUT2D eigenvalue weighted by Crippen LogP contribution is -3.00. The fourth-order valence-electron chi connectivity index (χ4n) is 3.74. The second-order valence-corrected chi connectivity index (χ2v) is 8.26. The minimum Gasteiger partial charge on any atom is -1.00 e. The van der Waals surface area contributed by atoms with Gasteiger partial charge in [-0.2, -0.15) is 0 Å². The van der Waals surface area contributed by atoms with Gasteiger partial charge in [-0.15, -0.1) is 0 Å². The van der Waals surface area contributed by atoms with Crippen molar-refractivity contribution in [2.45, 2.75) is 59.0 Å². The number of halogens is 1. The third kappa shape index (κ3) is 6.86. The number of cyclic esters (lactones) is 1. The lowest BCUT2D eigenvalue weighted by Gasteiger charge is -2.31. The van der Waals surface area contributed by atoms with E-state index in [0.717, 1.165) is 28.0 Å². The van der Waals surface area contributed by atoms with E-state index in [0.29, 0.717) is 5.75 Å². The van der Waals surface area contributed by atoms with Gasteiger partial charge in [-0.3, -0.25) is 0 Å². The van der Waals surface area contributed by atoms with E-state index in [-0.39, 0.29) is 25.6 Å². The van der Waals surface area contributed by atoms with Gasteiger partial charge in [-0.25, -0.2) is 4.79 Å². The average Bonchev–Trinajstić information content (AvgIpc) is 2.67.